The summed E-state index contributed by atoms with van der Waals surface area (Å²) in [7, 11) is 0. The van der Waals surface area contributed by atoms with Gasteiger partial charge in [-0.25, -0.2) is 15.5 Å². The summed E-state index contributed by atoms with van der Waals surface area (Å²) < 4.78 is 10.2. The molecular weight excluding hydrogens is 274 g/mol. The van der Waals surface area contributed by atoms with Crippen LogP contribution in [-0.4, -0.2) is 11.4 Å². The maximum Gasteiger partial charge on any atom is 0.514 e. The first kappa shape index (κ1) is 14.8. The molecule has 0 bridgehead atoms. The Hall–Kier alpha value is -2.57. The minimum atomic E-state index is -0.787. The summed E-state index contributed by atoms with van der Waals surface area (Å²) in [4.78, 5) is 15.5. The molecule has 0 aromatic heterocycles. The average Bonchev–Trinajstić information content (AvgIpc) is 2.50. The van der Waals surface area contributed by atoms with E-state index < -0.39 is 12.3 Å². The van der Waals surface area contributed by atoms with Crippen molar-refractivity contribution in [3.8, 4) is 5.75 Å². The molecule has 0 heterocycles. The summed E-state index contributed by atoms with van der Waals surface area (Å²) in [5.74, 6) is 0.323. The second kappa shape index (κ2) is 7.28. The Labute approximate surface area is 121 Å². The molecule has 0 spiro atoms. The highest BCUT2D eigenvalue weighted by molar-refractivity contribution is 5.64. The lowest BCUT2D eigenvalue weighted by Crippen LogP contribution is -2.13. The third-order valence-electron chi connectivity index (χ3n) is 2.76. The lowest BCUT2D eigenvalue weighted by Gasteiger charge is -2.13. The standard InChI is InChI=1S/C15H15NO5/c1-11(12-5-3-2-4-6-12)19-15(17)20-14-9-7-13(8-10-14)16-21-18/h2-11,16,18H,1H3/t11-/m1/s1. The molecule has 0 fully saturated rings. The zero-order valence-corrected chi connectivity index (χ0v) is 11.4. The summed E-state index contributed by atoms with van der Waals surface area (Å²) in [6, 6.07) is 15.6. The topological polar surface area (TPSA) is 77.0 Å². The largest absolute Gasteiger partial charge is 0.514 e. The Balaban J connectivity index is 1.89. The Bertz CT molecular complexity index is 570. The van der Waals surface area contributed by atoms with Gasteiger partial charge in [0.15, 0.2) is 0 Å². The molecule has 110 valence electrons. The fourth-order valence-electron chi connectivity index (χ4n) is 1.70. The van der Waals surface area contributed by atoms with Crippen molar-refractivity contribution in [3.63, 3.8) is 0 Å². The predicted octanol–water partition coefficient (Wildman–Crippen LogP) is 3.78. The highest BCUT2D eigenvalue weighted by Crippen LogP contribution is 2.19. The van der Waals surface area contributed by atoms with E-state index in [4.69, 9.17) is 14.7 Å². The SMILES string of the molecule is C[C@@H](OC(=O)Oc1ccc(NOO)cc1)c1ccccc1. The van der Waals surface area contributed by atoms with E-state index in [9.17, 15) is 4.79 Å². The van der Waals surface area contributed by atoms with Gasteiger partial charge in [-0.3, -0.25) is 0 Å². The molecule has 0 aliphatic carbocycles. The van der Waals surface area contributed by atoms with Crippen molar-refractivity contribution in [2.75, 3.05) is 5.48 Å². The molecule has 0 amide bonds. The number of hydrogen-bond acceptors (Lipinski definition) is 6. The first-order valence-corrected chi connectivity index (χ1v) is 6.29. The number of rotatable bonds is 5. The van der Waals surface area contributed by atoms with Gasteiger partial charge in [0.25, 0.3) is 0 Å². The van der Waals surface area contributed by atoms with E-state index in [0.29, 0.717) is 11.4 Å². The summed E-state index contributed by atoms with van der Waals surface area (Å²) in [5, 5.41) is 8.23. The lowest BCUT2D eigenvalue weighted by molar-refractivity contribution is -0.215. The molecule has 6 heteroatoms. The number of ether oxygens (including phenoxy) is 2. The van der Waals surface area contributed by atoms with Gasteiger partial charge in [0, 0.05) is 0 Å². The second-order valence-electron chi connectivity index (χ2n) is 4.24. The van der Waals surface area contributed by atoms with Crippen molar-refractivity contribution in [1.29, 1.82) is 0 Å². The molecular formula is C15H15NO5. The van der Waals surface area contributed by atoms with Crippen LogP contribution in [0.3, 0.4) is 0 Å². The fraction of sp³-hybridized carbons (Fsp3) is 0.133. The van der Waals surface area contributed by atoms with Crippen LogP contribution in [0, 0.1) is 0 Å². The van der Waals surface area contributed by atoms with Crippen LogP contribution in [0.5, 0.6) is 5.75 Å². The maximum absolute atomic E-state index is 11.7. The number of nitrogens with one attached hydrogen (secondary N) is 1. The number of benzene rings is 2. The first-order valence-electron chi connectivity index (χ1n) is 6.29. The van der Waals surface area contributed by atoms with Gasteiger partial charge in [-0.1, -0.05) is 30.3 Å². The molecule has 0 saturated carbocycles. The zero-order valence-electron chi connectivity index (χ0n) is 11.4. The van der Waals surface area contributed by atoms with Gasteiger partial charge >= 0.3 is 6.16 Å². The predicted molar refractivity (Wildman–Crippen MR) is 75.7 cm³/mol. The Morgan fingerprint density at radius 2 is 1.76 bits per heavy atom. The quantitative estimate of drug-likeness (QED) is 0.377. The van der Waals surface area contributed by atoms with Crippen LogP contribution in [0.15, 0.2) is 54.6 Å². The monoisotopic (exact) mass is 289 g/mol. The van der Waals surface area contributed by atoms with Crippen molar-refractivity contribution in [2.24, 2.45) is 0 Å². The molecule has 0 aliphatic heterocycles. The van der Waals surface area contributed by atoms with Gasteiger partial charge in [0.2, 0.25) is 0 Å². The Kier molecular flexibility index (Phi) is 5.14. The molecule has 0 aliphatic rings. The number of carbonyl (C=O) groups is 1. The van der Waals surface area contributed by atoms with E-state index in [2.05, 4.69) is 10.5 Å². The van der Waals surface area contributed by atoms with Crippen LogP contribution in [0.2, 0.25) is 0 Å². The molecule has 0 saturated heterocycles. The Morgan fingerprint density at radius 1 is 1.10 bits per heavy atom. The van der Waals surface area contributed by atoms with Crippen LogP contribution in [0.1, 0.15) is 18.6 Å². The first-order chi connectivity index (χ1) is 10.2. The summed E-state index contributed by atoms with van der Waals surface area (Å²) >= 11 is 0. The maximum atomic E-state index is 11.7. The number of anilines is 1. The van der Waals surface area contributed by atoms with Gasteiger partial charge < -0.3 is 9.47 Å². The van der Waals surface area contributed by atoms with Crippen LogP contribution in [0.25, 0.3) is 0 Å². The summed E-state index contributed by atoms with van der Waals surface area (Å²) in [6.45, 7) is 1.77. The van der Waals surface area contributed by atoms with Gasteiger partial charge in [0.05, 0.1) is 5.69 Å². The van der Waals surface area contributed by atoms with Crippen LogP contribution in [-0.2, 0) is 9.73 Å². The van der Waals surface area contributed by atoms with Crippen molar-refractivity contribution >= 4 is 11.8 Å². The highest BCUT2D eigenvalue weighted by atomic mass is 17.2. The number of hydrogen-bond donors (Lipinski definition) is 2. The van der Waals surface area contributed by atoms with Gasteiger partial charge in [0.1, 0.15) is 11.9 Å². The molecule has 0 unspecified atom stereocenters. The van der Waals surface area contributed by atoms with Gasteiger partial charge in [-0.05, 0) is 36.8 Å². The Morgan fingerprint density at radius 3 is 2.38 bits per heavy atom. The molecule has 0 radical (unpaired) electrons. The van der Waals surface area contributed by atoms with Crippen LogP contribution in [0.4, 0.5) is 10.5 Å². The highest BCUT2D eigenvalue weighted by Gasteiger charge is 2.13. The minimum absolute atomic E-state index is 0.323. The van der Waals surface area contributed by atoms with E-state index >= 15 is 0 Å². The normalized spacial score (nSPS) is 11.5. The van der Waals surface area contributed by atoms with Crippen molar-refractivity contribution in [1.82, 2.24) is 0 Å². The third-order valence-corrected chi connectivity index (χ3v) is 2.76. The van der Waals surface area contributed by atoms with E-state index in [-0.39, 0.29) is 0 Å². The van der Waals surface area contributed by atoms with E-state index in [1.807, 2.05) is 30.3 Å². The molecule has 2 rings (SSSR count). The minimum Gasteiger partial charge on any atom is -0.426 e. The molecule has 1 atom stereocenters. The van der Waals surface area contributed by atoms with Crippen molar-refractivity contribution in [2.45, 2.75) is 13.0 Å². The second-order valence-corrected chi connectivity index (χ2v) is 4.24. The summed E-state index contributed by atoms with van der Waals surface area (Å²) in [5.41, 5.74) is 3.62. The third kappa shape index (κ3) is 4.48. The van der Waals surface area contributed by atoms with Crippen molar-refractivity contribution in [3.05, 3.63) is 60.2 Å². The fourth-order valence-corrected chi connectivity index (χ4v) is 1.70. The van der Waals surface area contributed by atoms with Crippen molar-refractivity contribution < 1.29 is 24.5 Å². The molecule has 2 aromatic carbocycles. The van der Waals surface area contributed by atoms with Gasteiger partial charge in [-0.2, -0.15) is 0 Å². The van der Waals surface area contributed by atoms with Crippen LogP contribution < -0.4 is 10.2 Å². The van der Waals surface area contributed by atoms with E-state index in [1.54, 1.807) is 19.1 Å². The molecule has 2 N–H and O–H groups in total. The van der Waals surface area contributed by atoms with Crippen LogP contribution >= 0.6 is 0 Å². The lowest BCUT2D eigenvalue weighted by atomic mass is 10.1. The molecule has 6 nitrogen and oxygen atoms in total. The van der Waals surface area contributed by atoms with E-state index in [1.165, 1.54) is 12.1 Å². The average molecular weight is 289 g/mol. The molecule has 2 aromatic rings. The smallest absolute Gasteiger partial charge is 0.426 e. The number of carbonyl (C=O) groups excluding carboxylic acids is 1. The summed E-state index contributed by atoms with van der Waals surface area (Å²) in [6.07, 6.45) is -1.19. The molecule has 21 heavy (non-hydrogen) atoms. The zero-order chi connectivity index (χ0) is 15.1. The van der Waals surface area contributed by atoms with Gasteiger partial charge in [-0.15, -0.1) is 4.99 Å². The van der Waals surface area contributed by atoms with E-state index in [0.717, 1.165) is 5.56 Å².